The van der Waals surface area contributed by atoms with Gasteiger partial charge in [-0.3, -0.25) is 0 Å². The molecule has 0 N–H and O–H groups in total. The fraction of sp³-hybridized carbons (Fsp3) is 0.222. The molecule has 0 aliphatic rings. The highest BCUT2D eigenvalue weighted by molar-refractivity contribution is 7.86. The molecule has 2 aromatic carbocycles. The predicted octanol–water partition coefficient (Wildman–Crippen LogP) is 1.98. The van der Waals surface area contributed by atoms with Crippen LogP contribution in [0.5, 0.6) is 0 Å². The van der Waals surface area contributed by atoms with Crippen molar-refractivity contribution >= 4 is 63.3 Å². The highest BCUT2D eigenvalue weighted by Gasteiger charge is 2.10. The molecule has 4 rings (SSSR count). The lowest BCUT2D eigenvalue weighted by atomic mass is 10.3. The molecule has 2 aromatic heterocycles. The zero-order valence-corrected chi connectivity index (χ0v) is 20.0. The molecule has 0 saturated carbocycles. The molecule has 0 unspecified atom stereocenters. The number of hydrogen-bond acceptors (Lipinski definition) is 10. The van der Waals surface area contributed by atoms with E-state index in [0.717, 1.165) is 11.0 Å². The van der Waals surface area contributed by atoms with Gasteiger partial charge in [0, 0.05) is 13.1 Å². The normalized spacial score (nSPS) is 14.1. The molecule has 0 fully saturated rings. The molecule has 170 valence electrons. The van der Waals surface area contributed by atoms with E-state index in [4.69, 9.17) is 0 Å². The molecule has 2 heterocycles. The zero-order chi connectivity index (χ0) is 23.3. The summed E-state index contributed by atoms with van der Waals surface area (Å²) in [5, 5.41) is 8.68. The lowest BCUT2D eigenvalue weighted by Crippen LogP contribution is -2.16. The van der Waals surface area contributed by atoms with E-state index in [9.17, 15) is 25.9 Å². The van der Waals surface area contributed by atoms with Crippen molar-refractivity contribution in [3.63, 3.8) is 0 Å². The molecule has 32 heavy (non-hydrogen) atoms. The first-order valence-corrected chi connectivity index (χ1v) is 13.7. The average molecular weight is 513 g/mol. The van der Waals surface area contributed by atoms with E-state index in [1.807, 2.05) is 23.0 Å². The maximum Gasteiger partial charge on any atom is 0.211 e. The third-order valence-electron chi connectivity index (χ3n) is 4.74. The maximum atomic E-state index is 11.3. The molecule has 0 atom stereocenters. The fourth-order valence-electron chi connectivity index (χ4n) is 3.27. The second kappa shape index (κ2) is 8.20. The first-order valence-electron chi connectivity index (χ1n) is 9.29. The van der Waals surface area contributed by atoms with E-state index in [0.29, 0.717) is 32.1 Å². The summed E-state index contributed by atoms with van der Waals surface area (Å²) in [5.41, 5.74) is 1.45. The molecule has 0 spiro atoms. The van der Waals surface area contributed by atoms with Crippen LogP contribution in [-0.2, 0) is 33.3 Å². The van der Waals surface area contributed by atoms with Gasteiger partial charge in [-0.2, -0.15) is 0 Å². The van der Waals surface area contributed by atoms with E-state index in [-0.39, 0.29) is 9.79 Å². The Morgan fingerprint density at radius 3 is 1.44 bits per heavy atom. The van der Waals surface area contributed by atoms with Crippen LogP contribution < -0.4 is 9.60 Å². The Labute approximate surface area is 190 Å². The Kier molecular flexibility index (Phi) is 5.85. The zero-order valence-electron chi connectivity index (χ0n) is 16.7. The van der Waals surface area contributed by atoms with Crippen molar-refractivity contribution in [1.82, 2.24) is 9.13 Å². The molecule has 0 saturated heterocycles. The molecule has 0 amide bonds. The number of aromatic nitrogens is 2. The molecule has 10 nitrogen and oxygen atoms in total. The van der Waals surface area contributed by atoms with Crippen LogP contribution >= 0.6 is 22.7 Å². The second-order valence-electron chi connectivity index (χ2n) is 6.63. The summed E-state index contributed by atoms with van der Waals surface area (Å²) in [6.45, 7) is 4.89. The standard InChI is InChI=1S/C18H18N4O6S4/c1-3-21-13-7-5-11(31(23,24)25)9-15(13)29-17(21)19-20-18-22(4-2)14-8-6-12(32(26,27)28)10-16(14)30-18/h5-10H,3-4H2,1-2H3,(H,23,24,25)(H,26,27,28)/p-2/b19-17+,20-18+. The van der Waals surface area contributed by atoms with Crippen LogP contribution in [0.4, 0.5) is 0 Å². The Balaban J connectivity index is 1.93. The summed E-state index contributed by atoms with van der Waals surface area (Å²) in [4.78, 5) is 0.391. The van der Waals surface area contributed by atoms with E-state index in [1.165, 1.54) is 46.9 Å². The summed E-state index contributed by atoms with van der Waals surface area (Å²) in [7, 11) is -9.14. The van der Waals surface area contributed by atoms with Crippen LogP contribution in [0, 0.1) is 0 Å². The van der Waals surface area contributed by atoms with Gasteiger partial charge in [-0.25, -0.2) is 16.8 Å². The van der Waals surface area contributed by atoms with Crippen molar-refractivity contribution < 1.29 is 25.9 Å². The molecular weight excluding hydrogens is 496 g/mol. The van der Waals surface area contributed by atoms with Crippen molar-refractivity contribution in [2.24, 2.45) is 10.2 Å². The minimum Gasteiger partial charge on any atom is -0.744 e. The quantitative estimate of drug-likeness (QED) is 0.295. The first-order chi connectivity index (χ1) is 15.0. The van der Waals surface area contributed by atoms with Crippen molar-refractivity contribution in [2.45, 2.75) is 36.7 Å². The topological polar surface area (TPSA) is 149 Å². The van der Waals surface area contributed by atoms with Gasteiger partial charge in [0.05, 0.1) is 30.2 Å². The minimum atomic E-state index is -4.57. The fourth-order valence-corrected chi connectivity index (χ4v) is 6.58. The van der Waals surface area contributed by atoms with Gasteiger partial charge < -0.3 is 18.2 Å². The lowest BCUT2D eigenvalue weighted by molar-refractivity contribution is 0.461. The second-order valence-corrected chi connectivity index (χ2v) is 11.4. The van der Waals surface area contributed by atoms with Gasteiger partial charge >= 0.3 is 0 Å². The van der Waals surface area contributed by atoms with E-state index in [1.54, 1.807) is 12.1 Å². The van der Waals surface area contributed by atoms with Crippen molar-refractivity contribution in [3.8, 4) is 0 Å². The third kappa shape index (κ3) is 4.16. The van der Waals surface area contributed by atoms with Gasteiger partial charge in [-0.05, 0) is 50.2 Å². The smallest absolute Gasteiger partial charge is 0.211 e. The molecule has 14 heteroatoms. The average Bonchev–Trinajstić information content (AvgIpc) is 3.26. The predicted molar refractivity (Wildman–Crippen MR) is 118 cm³/mol. The van der Waals surface area contributed by atoms with Crippen LogP contribution in [0.1, 0.15) is 13.8 Å². The van der Waals surface area contributed by atoms with E-state index >= 15 is 0 Å². The van der Waals surface area contributed by atoms with Gasteiger partial charge in [0.15, 0.2) is 0 Å². The Morgan fingerprint density at radius 2 is 1.12 bits per heavy atom. The minimum absolute atomic E-state index is 0.310. The van der Waals surface area contributed by atoms with Crippen LogP contribution in [0.2, 0.25) is 0 Å². The van der Waals surface area contributed by atoms with Gasteiger partial charge in [0.2, 0.25) is 9.60 Å². The third-order valence-corrected chi connectivity index (χ3v) is 8.46. The number of rotatable bonds is 5. The molecule has 0 aliphatic carbocycles. The SMILES string of the molecule is CCn1/c(=N\N=c2\sc3cc(S(=O)(=O)[O-])ccc3n2CC)sc2cc(S(=O)(=O)[O-])ccc21. The van der Waals surface area contributed by atoms with E-state index in [2.05, 4.69) is 10.2 Å². The number of aryl methyl sites for hydroxylation is 2. The summed E-state index contributed by atoms with van der Waals surface area (Å²) < 4.78 is 72.9. The largest absolute Gasteiger partial charge is 0.744 e. The molecule has 0 radical (unpaired) electrons. The Bertz CT molecular complexity index is 1580. The van der Waals surface area contributed by atoms with Crippen LogP contribution in [0.25, 0.3) is 20.4 Å². The number of nitrogens with zero attached hydrogens (tertiary/aromatic N) is 4. The summed E-state index contributed by atoms with van der Waals surface area (Å²) in [5.74, 6) is 0. The number of fused-ring (bicyclic) bond motifs is 2. The molecule has 4 aromatic rings. The highest BCUT2D eigenvalue weighted by Crippen LogP contribution is 2.23. The van der Waals surface area contributed by atoms with Crippen molar-refractivity contribution in [3.05, 3.63) is 46.0 Å². The summed E-state index contributed by atoms with van der Waals surface area (Å²) in [6.07, 6.45) is 0. The van der Waals surface area contributed by atoms with Crippen LogP contribution in [0.3, 0.4) is 0 Å². The summed E-state index contributed by atoms with van der Waals surface area (Å²) >= 11 is 2.40. The number of thiazole rings is 2. The van der Waals surface area contributed by atoms with Gasteiger partial charge in [-0.15, -0.1) is 10.2 Å². The molecule has 0 aliphatic heterocycles. The van der Waals surface area contributed by atoms with Gasteiger partial charge in [0.25, 0.3) is 0 Å². The van der Waals surface area contributed by atoms with Crippen LogP contribution in [-0.4, -0.2) is 35.1 Å². The Hall–Kier alpha value is -2.36. The van der Waals surface area contributed by atoms with Crippen molar-refractivity contribution in [2.75, 3.05) is 0 Å². The van der Waals surface area contributed by atoms with E-state index < -0.39 is 20.2 Å². The summed E-state index contributed by atoms with van der Waals surface area (Å²) in [6, 6.07) is 8.31. The Morgan fingerprint density at radius 1 is 0.750 bits per heavy atom. The molecule has 0 bridgehead atoms. The maximum absolute atomic E-state index is 11.3. The molecular formula is C18H16N4O6S4-2. The van der Waals surface area contributed by atoms with Crippen LogP contribution in [0.15, 0.2) is 56.4 Å². The monoisotopic (exact) mass is 512 g/mol. The van der Waals surface area contributed by atoms with Crippen molar-refractivity contribution in [1.29, 1.82) is 0 Å². The number of hydrogen-bond donors (Lipinski definition) is 0. The van der Waals surface area contributed by atoms with Gasteiger partial charge in [-0.1, -0.05) is 22.7 Å². The highest BCUT2D eigenvalue weighted by atomic mass is 32.2. The lowest BCUT2D eigenvalue weighted by Gasteiger charge is -2.06. The van der Waals surface area contributed by atoms with Gasteiger partial charge in [0.1, 0.15) is 20.2 Å². The first kappa shape index (κ1) is 22.8. The number of benzene rings is 2.